The number of hydrogen-bond acceptors (Lipinski definition) is 2. The van der Waals surface area contributed by atoms with Crippen LogP contribution in [0, 0.1) is 0 Å². The minimum atomic E-state index is -0.129. The summed E-state index contributed by atoms with van der Waals surface area (Å²) in [5.74, 6) is -0.129. The predicted octanol–water partition coefficient (Wildman–Crippen LogP) is 3.72. The molecule has 0 aliphatic carbocycles. The molecule has 92 valence electrons. The molecule has 0 aromatic heterocycles. The molecule has 2 nitrogen and oxygen atoms in total. The van der Waals surface area contributed by atoms with Crippen LogP contribution in [0.25, 0.3) is 0 Å². The van der Waals surface area contributed by atoms with Crippen LogP contribution < -0.4 is 0 Å². The van der Waals surface area contributed by atoms with E-state index >= 15 is 0 Å². The van der Waals surface area contributed by atoms with Crippen LogP contribution >= 0.6 is 0 Å². The third kappa shape index (κ3) is 8.26. The molecule has 0 unspecified atom stereocenters. The molecule has 0 aromatic rings. The van der Waals surface area contributed by atoms with Crippen molar-refractivity contribution in [1.82, 2.24) is 0 Å². The standard InChI is InChI=1S/C15H20O2/c16-15-13-11-9-7-5-3-1-2-4-6-8-10-12-14-17-15/h2,4,6-10,12H,1,3,5,11,13-14H2/b4-2+,8-6+,9-7+,12-10-. The van der Waals surface area contributed by atoms with Crippen LogP contribution in [0.5, 0.6) is 0 Å². The van der Waals surface area contributed by atoms with Gasteiger partial charge in [-0.25, -0.2) is 0 Å². The SMILES string of the molecule is O=C1CC/C=C/CCC/C=C/C=C/C=C\CO1. The second-order valence-corrected chi connectivity index (χ2v) is 3.87. The Morgan fingerprint density at radius 3 is 2.41 bits per heavy atom. The highest BCUT2D eigenvalue weighted by Crippen LogP contribution is 2.01. The van der Waals surface area contributed by atoms with E-state index in [1.165, 1.54) is 0 Å². The lowest BCUT2D eigenvalue weighted by Gasteiger charge is -1.99. The fourth-order valence-electron chi connectivity index (χ4n) is 1.44. The van der Waals surface area contributed by atoms with Gasteiger partial charge >= 0.3 is 5.97 Å². The lowest BCUT2D eigenvalue weighted by Crippen LogP contribution is -2.03. The van der Waals surface area contributed by atoms with E-state index in [9.17, 15) is 4.79 Å². The Balaban J connectivity index is 2.41. The Morgan fingerprint density at radius 2 is 1.53 bits per heavy atom. The van der Waals surface area contributed by atoms with Crippen molar-refractivity contribution < 1.29 is 9.53 Å². The minimum Gasteiger partial charge on any atom is -0.461 e. The summed E-state index contributed by atoms with van der Waals surface area (Å²) >= 11 is 0. The highest BCUT2D eigenvalue weighted by atomic mass is 16.5. The summed E-state index contributed by atoms with van der Waals surface area (Å²) in [5.41, 5.74) is 0. The predicted molar refractivity (Wildman–Crippen MR) is 70.6 cm³/mol. The van der Waals surface area contributed by atoms with Crippen LogP contribution in [0.1, 0.15) is 32.1 Å². The lowest BCUT2D eigenvalue weighted by molar-refractivity contribution is -0.142. The molecule has 0 N–H and O–H groups in total. The van der Waals surface area contributed by atoms with Gasteiger partial charge < -0.3 is 4.74 Å². The Bertz CT molecular complexity index is 322. The third-order valence-electron chi connectivity index (χ3n) is 2.37. The van der Waals surface area contributed by atoms with Gasteiger partial charge in [-0.15, -0.1) is 0 Å². The van der Waals surface area contributed by atoms with Crippen LogP contribution in [-0.4, -0.2) is 12.6 Å². The van der Waals surface area contributed by atoms with Crippen LogP contribution in [-0.2, 0) is 9.53 Å². The molecule has 2 heteroatoms. The van der Waals surface area contributed by atoms with Gasteiger partial charge in [0.25, 0.3) is 0 Å². The summed E-state index contributed by atoms with van der Waals surface area (Å²) in [4.78, 5) is 11.3. The molecule has 1 rings (SSSR count). The van der Waals surface area contributed by atoms with Crippen molar-refractivity contribution in [3.8, 4) is 0 Å². The number of cyclic esters (lactones) is 1. The molecular formula is C15H20O2. The number of allylic oxidation sites excluding steroid dienone is 7. The van der Waals surface area contributed by atoms with Crippen LogP contribution in [0.2, 0.25) is 0 Å². The molecule has 0 saturated carbocycles. The number of hydrogen-bond donors (Lipinski definition) is 0. The summed E-state index contributed by atoms with van der Waals surface area (Å²) in [6.45, 7) is 0.358. The van der Waals surface area contributed by atoms with Gasteiger partial charge in [0.1, 0.15) is 6.61 Å². The van der Waals surface area contributed by atoms with E-state index in [4.69, 9.17) is 4.74 Å². The Kier molecular flexibility index (Phi) is 7.65. The van der Waals surface area contributed by atoms with E-state index in [1.54, 1.807) is 0 Å². The summed E-state index contributed by atoms with van der Waals surface area (Å²) in [5, 5.41) is 0. The van der Waals surface area contributed by atoms with Gasteiger partial charge in [-0.3, -0.25) is 4.79 Å². The zero-order valence-corrected chi connectivity index (χ0v) is 10.2. The molecule has 1 heterocycles. The summed E-state index contributed by atoms with van der Waals surface area (Å²) in [7, 11) is 0. The fourth-order valence-corrected chi connectivity index (χ4v) is 1.44. The van der Waals surface area contributed by atoms with Crippen molar-refractivity contribution in [2.45, 2.75) is 32.1 Å². The normalized spacial score (nSPS) is 26.7. The molecule has 1 aliphatic rings. The molecule has 17 heavy (non-hydrogen) atoms. The van der Waals surface area contributed by atoms with E-state index in [1.807, 2.05) is 30.4 Å². The molecule has 0 atom stereocenters. The number of rotatable bonds is 0. The second kappa shape index (κ2) is 9.64. The van der Waals surface area contributed by atoms with Crippen molar-refractivity contribution in [2.75, 3.05) is 6.61 Å². The van der Waals surface area contributed by atoms with Crippen LogP contribution in [0.4, 0.5) is 0 Å². The van der Waals surface area contributed by atoms with E-state index in [0.717, 1.165) is 25.7 Å². The molecule has 0 spiro atoms. The topological polar surface area (TPSA) is 26.3 Å². The van der Waals surface area contributed by atoms with E-state index in [-0.39, 0.29) is 5.97 Å². The molecule has 1 aliphatic heterocycles. The van der Waals surface area contributed by atoms with Crippen molar-refractivity contribution in [1.29, 1.82) is 0 Å². The zero-order chi connectivity index (χ0) is 12.2. The van der Waals surface area contributed by atoms with Crippen molar-refractivity contribution in [3.63, 3.8) is 0 Å². The first kappa shape index (κ1) is 13.5. The summed E-state index contributed by atoms with van der Waals surface area (Å²) in [6.07, 6.45) is 20.7. The largest absolute Gasteiger partial charge is 0.461 e. The van der Waals surface area contributed by atoms with E-state index in [2.05, 4.69) is 18.2 Å². The maximum Gasteiger partial charge on any atom is 0.306 e. The highest BCUT2D eigenvalue weighted by molar-refractivity contribution is 5.69. The number of ether oxygens (including phenoxy) is 1. The van der Waals surface area contributed by atoms with Gasteiger partial charge in [0, 0.05) is 6.42 Å². The van der Waals surface area contributed by atoms with E-state index < -0.39 is 0 Å². The third-order valence-corrected chi connectivity index (χ3v) is 2.37. The van der Waals surface area contributed by atoms with Gasteiger partial charge in [-0.2, -0.15) is 0 Å². The van der Waals surface area contributed by atoms with Crippen molar-refractivity contribution in [3.05, 3.63) is 48.6 Å². The smallest absolute Gasteiger partial charge is 0.306 e. The molecule has 0 bridgehead atoms. The molecule has 0 fully saturated rings. The monoisotopic (exact) mass is 232 g/mol. The summed E-state index contributed by atoms with van der Waals surface area (Å²) < 4.78 is 5.03. The lowest BCUT2D eigenvalue weighted by atomic mass is 10.2. The molecule has 0 saturated heterocycles. The Hall–Kier alpha value is -1.57. The van der Waals surface area contributed by atoms with Gasteiger partial charge in [0.15, 0.2) is 0 Å². The Labute approximate surface area is 103 Å². The second-order valence-electron chi connectivity index (χ2n) is 3.87. The van der Waals surface area contributed by atoms with E-state index in [0.29, 0.717) is 13.0 Å². The van der Waals surface area contributed by atoms with Gasteiger partial charge in [-0.05, 0) is 31.8 Å². The minimum absolute atomic E-state index is 0.129. The van der Waals surface area contributed by atoms with Crippen LogP contribution in [0.15, 0.2) is 48.6 Å². The zero-order valence-electron chi connectivity index (χ0n) is 10.2. The first-order chi connectivity index (χ1) is 8.39. The first-order valence-corrected chi connectivity index (χ1v) is 6.18. The maximum absolute atomic E-state index is 11.3. The average Bonchev–Trinajstić information content (AvgIpc) is 2.32. The van der Waals surface area contributed by atoms with Crippen LogP contribution in [0.3, 0.4) is 0 Å². The number of esters is 1. The summed E-state index contributed by atoms with van der Waals surface area (Å²) in [6, 6.07) is 0. The molecule has 0 radical (unpaired) electrons. The number of carbonyl (C=O) groups is 1. The average molecular weight is 232 g/mol. The maximum atomic E-state index is 11.3. The first-order valence-electron chi connectivity index (χ1n) is 6.18. The van der Waals surface area contributed by atoms with Gasteiger partial charge in [0.2, 0.25) is 0 Å². The van der Waals surface area contributed by atoms with Gasteiger partial charge in [0.05, 0.1) is 0 Å². The van der Waals surface area contributed by atoms with Crippen molar-refractivity contribution >= 4 is 5.97 Å². The quantitative estimate of drug-likeness (QED) is 0.470. The fraction of sp³-hybridized carbons (Fsp3) is 0.400. The Morgan fingerprint density at radius 1 is 0.824 bits per heavy atom. The molecular weight excluding hydrogens is 212 g/mol. The highest BCUT2D eigenvalue weighted by Gasteiger charge is 1.98. The molecule has 0 aromatic carbocycles. The number of carbonyl (C=O) groups excluding carboxylic acids is 1. The van der Waals surface area contributed by atoms with Gasteiger partial charge in [-0.1, -0.05) is 42.5 Å². The van der Waals surface area contributed by atoms with Crippen molar-refractivity contribution in [2.24, 2.45) is 0 Å². The molecule has 0 amide bonds.